The van der Waals surface area contributed by atoms with Crippen LogP contribution in [0.15, 0.2) is 24.3 Å². The van der Waals surface area contributed by atoms with Crippen LogP contribution < -0.4 is 11.1 Å². The first-order valence-corrected chi connectivity index (χ1v) is 5.47. The van der Waals surface area contributed by atoms with E-state index >= 15 is 0 Å². The summed E-state index contributed by atoms with van der Waals surface area (Å²) < 4.78 is 0. The Kier molecular flexibility index (Phi) is 4.98. The minimum absolute atomic E-state index is 0.403. The van der Waals surface area contributed by atoms with Crippen molar-refractivity contribution in [1.29, 1.82) is 0 Å². The molecule has 0 aliphatic carbocycles. The Labute approximate surface area is 94.6 Å². The number of hydrogen-bond donors (Lipinski definition) is 2. The van der Waals surface area contributed by atoms with E-state index in [1.54, 1.807) is 12.1 Å². The fourth-order valence-electron chi connectivity index (χ4n) is 1.23. The summed E-state index contributed by atoms with van der Waals surface area (Å²) in [5, 5.41) is 3.21. The molecule has 1 rings (SSSR count). The van der Waals surface area contributed by atoms with Crippen molar-refractivity contribution in [3.05, 3.63) is 29.8 Å². The second-order valence-electron chi connectivity index (χ2n) is 3.27. The first-order valence-electron chi connectivity index (χ1n) is 4.93. The standard InChI is InChI=1S/C11H15ClN2O/c12-6-1-2-7-14-10-5-3-4-9(8-10)11(13)15/h3-5,8,14H,1-2,6-7H2,(H2,13,15). The zero-order chi connectivity index (χ0) is 11.1. The van der Waals surface area contributed by atoms with Crippen molar-refractivity contribution in [1.82, 2.24) is 0 Å². The van der Waals surface area contributed by atoms with Gasteiger partial charge in [-0.25, -0.2) is 0 Å². The Hall–Kier alpha value is -1.22. The minimum atomic E-state index is -0.403. The molecular formula is C11H15ClN2O. The lowest BCUT2D eigenvalue weighted by molar-refractivity contribution is 0.100. The van der Waals surface area contributed by atoms with Crippen LogP contribution in [0.5, 0.6) is 0 Å². The van der Waals surface area contributed by atoms with E-state index in [-0.39, 0.29) is 0 Å². The molecule has 3 nitrogen and oxygen atoms in total. The van der Waals surface area contributed by atoms with Crippen LogP contribution in [0.25, 0.3) is 0 Å². The van der Waals surface area contributed by atoms with E-state index < -0.39 is 5.91 Å². The molecule has 0 aromatic heterocycles. The lowest BCUT2D eigenvalue weighted by Crippen LogP contribution is -2.11. The molecule has 0 aliphatic heterocycles. The summed E-state index contributed by atoms with van der Waals surface area (Å²) in [6.45, 7) is 0.856. The van der Waals surface area contributed by atoms with Crippen LogP contribution in [-0.2, 0) is 0 Å². The zero-order valence-corrected chi connectivity index (χ0v) is 9.26. The van der Waals surface area contributed by atoms with Crippen LogP contribution in [0.3, 0.4) is 0 Å². The summed E-state index contributed by atoms with van der Waals surface area (Å²) in [6.07, 6.45) is 2.01. The Morgan fingerprint density at radius 3 is 2.87 bits per heavy atom. The third kappa shape index (κ3) is 4.21. The summed E-state index contributed by atoms with van der Waals surface area (Å²) in [4.78, 5) is 10.9. The molecule has 82 valence electrons. The fourth-order valence-corrected chi connectivity index (χ4v) is 1.42. The van der Waals surface area contributed by atoms with Gasteiger partial charge in [-0.1, -0.05) is 6.07 Å². The highest BCUT2D eigenvalue weighted by Gasteiger charge is 2.00. The summed E-state index contributed by atoms with van der Waals surface area (Å²) in [7, 11) is 0. The molecule has 0 atom stereocenters. The van der Waals surface area contributed by atoms with Gasteiger partial charge in [-0.2, -0.15) is 0 Å². The Morgan fingerprint density at radius 2 is 2.20 bits per heavy atom. The number of nitrogens with two attached hydrogens (primary N) is 1. The Bertz CT molecular complexity index is 328. The maximum absolute atomic E-state index is 10.9. The first-order chi connectivity index (χ1) is 7.24. The van der Waals surface area contributed by atoms with E-state index in [0.29, 0.717) is 11.4 Å². The molecule has 0 heterocycles. The molecule has 0 saturated heterocycles. The van der Waals surface area contributed by atoms with Gasteiger partial charge in [0.05, 0.1) is 0 Å². The van der Waals surface area contributed by atoms with Crippen molar-refractivity contribution in [2.75, 3.05) is 17.7 Å². The minimum Gasteiger partial charge on any atom is -0.385 e. The number of hydrogen-bond acceptors (Lipinski definition) is 2. The van der Waals surface area contributed by atoms with Gasteiger partial charge in [0, 0.05) is 23.7 Å². The second kappa shape index (κ2) is 6.30. The summed E-state index contributed by atoms with van der Waals surface area (Å²) in [5.74, 6) is 0.280. The molecule has 0 saturated carbocycles. The van der Waals surface area contributed by atoms with Crippen molar-refractivity contribution < 1.29 is 4.79 Å². The third-order valence-corrected chi connectivity index (χ3v) is 2.30. The molecular weight excluding hydrogens is 212 g/mol. The molecule has 15 heavy (non-hydrogen) atoms. The summed E-state index contributed by atoms with van der Waals surface area (Å²) >= 11 is 5.56. The third-order valence-electron chi connectivity index (χ3n) is 2.04. The highest BCUT2D eigenvalue weighted by molar-refractivity contribution is 6.17. The number of carbonyl (C=O) groups is 1. The number of primary amides is 1. The van der Waals surface area contributed by atoms with Crippen LogP contribution in [0.2, 0.25) is 0 Å². The van der Waals surface area contributed by atoms with Gasteiger partial charge in [0.2, 0.25) is 5.91 Å². The number of rotatable bonds is 6. The number of carbonyl (C=O) groups excluding carboxylic acids is 1. The average Bonchev–Trinajstić information content (AvgIpc) is 2.25. The van der Waals surface area contributed by atoms with Gasteiger partial charge in [0.15, 0.2) is 0 Å². The van der Waals surface area contributed by atoms with Crippen molar-refractivity contribution in [3.63, 3.8) is 0 Å². The highest BCUT2D eigenvalue weighted by atomic mass is 35.5. The van der Waals surface area contributed by atoms with Crippen molar-refractivity contribution in [2.24, 2.45) is 5.73 Å². The zero-order valence-electron chi connectivity index (χ0n) is 8.50. The summed E-state index contributed by atoms with van der Waals surface area (Å²) in [6, 6.07) is 7.17. The predicted octanol–water partition coefficient (Wildman–Crippen LogP) is 2.22. The number of halogens is 1. The molecule has 0 fully saturated rings. The average molecular weight is 227 g/mol. The van der Waals surface area contributed by atoms with E-state index in [4.69, 9.17) is 17.3 Å². The molecule has 1 aromatic carbocycles. The lowest BCUT2D eigenvalue weighted by Gasteiger charge is -2.06. The molecule has 0 bridgehead atoms. The predicted molar refractivity (Wildman–Crippen MR) is 63.4 cm³/mol. The van der Waals surface area contributed by atoms with Crippen LogP contribution >= 0.6 is 11.6 Å². The molecule has 0 spiro atoms. The number of anilines is 1. The van der Waals surface area contributed by atoms with Crippen molar-refractivity contribution >= 4 is 23.2 Å². The monoisotopic (exact) mass is 226 g/mol. The maximum Gasteiger partial charge on any atom is 0.248 e. The number of benzene rings is 1. The van der Waals surface area contributed by atoms with Crippen LogP contribution in [0.4, 0.5) is 5.69 Å². The van der Waals surface area contributed by atoms with E-state index in [1.165, 1.54) is 0 Å². The molecule has 1 aromatic rings. The summed E-state index contributed by atoms with van der Waals surface area (Å²) in [5.41, 5.74) is 6.62. The number of unbranched alkanes of at least 4 members (excludes halogenated alkanes) is 1. The number of amides is 1. The SMILES string of the molecule is NC(=O)c1cccc(NCCCCCl)c1. The molecule has 1 amide bonds. The van der Waals surface area contributed by atoms with Gasteiger partial charge in [-0.05, 0) is 31.0 Å². The van der Waals surface area contributed by atoms with E-state index in [1.807, 2.05) is 12.1 Å². The Morgan fingerprint density at radius 1 is 1.40 bits per heavy atom. The van der Waals surface area contributed by atoms with Crippen molar-refractivity contribution in [3.8, 4) is 0 Å². The lowest BCUT2D eigenvalue weighted by atomic mass is 10.2. The number of alkyl halides is 1. The van der Waals surface area contributed by atoms with Gasteiger partial charge in [0.1, 0.15) is 0 Å². The second-order valence-corrected chi connectivity index (χ2v) is 3.65. The molecule has 0 aliphatic rings. The maximum atomic E-state index is 10.9. The highest BCUT2D eigenvalue weighted by Crippen LogP contribution is 2.10. The van der Waals surface area contributed by atoms with Gasteiger partial charge < -0.3 is 11.1 Å². The van der Waals surface area contributed by atoms with Gasteiger partial charge in [0.25, 0.3) is 0 Å². The van der Waals surface area contributed by atoms with E-state index in [9.17, 15) is 4.79 Å². The van der Waals surface area contributed by atoms with Crippen LogP contribution in [-0.4, -0.2) is 18.3 Å². The van der Waals surface area contributed by atoms with E-state index in [0.717, 1.165) is 25.1 Å². The molecule has 0 unspecified atom stereocenters. The largest absolute Gasteiger partial charge is 0.385 e. The Balaban J connectivity index is 2.47. The molecule has 4 heteroatoms. The van der Waals surface area contributed by atoms with Gasteiger partial charge in [-0.3, -0.25) is 4.79 Å². The smallest absolute Gasteiger partial charge is 0.248 e. The molecule has 0 radical (unpaired) electrons. The topological polar surface area (TPSA) is 55.1 Å². The van der Waals surface area contributed by atoms with Crippen LogP contribution in [0.1, 0.15) is 23.2 Å². The van der Waals surface area contributed by atoms with Gasteiger partial charge in [-0.15, -0.1) is 11.6 Å². The van der Waals surface area contributed by atoms with Gasteiger partial charge >= 0.3 is 0 Å². The first kappa shape index (κ1) is 11.9. The normalized spacial score (nSPS) is 9.93. The number of nitrogens with one attached hydrogen (secondary N) is 1. The van der Waals surface area contributed by atoms with E-state index in [2.05, 4.69) is 5.32 Å². The van der Waals surface area contributed by atoms with Crippen molar-refractivity contribution in [2.45, 2.75) is 12.8 Å². The molecule has 3 N–H and O–H groups in total. The van der Waals surface area contributed by atoms with Crippen LogP contribution in [0, 0.1) is 0 Å². The quantitative estimate of drug-likeness (QED) is 0.577. The fraction of sp³-hybridized carbons (Fsp3) is 0.364.